The van der Waals surface area contributed by atoms with E-state index in [4.69, 9.17) is 16.9 Å². The quantitative estimate of drug-likeness (QED) is 0.641. The first-order valence-electron chi connectivity index (χ1n) is 4.03. The molecule has 1 aromatic heterocycles. The minimum absolute atomic E-state index is 0.184. The van der Waals surface area contributed by atoms with Crippen LogP contribution in [0.4, 0.5) is 0 Å². The van der Waals surface area contributed by atoms with Gasteiger partial charge in [0.05, 0.1) is 11.2 Å². The molecule has 1 heterocycles. The van der Waals surface area contributed by atoms with Crippen LogP contribution in [0.3, 0.4) is 0 Å². The van der Waals surface area contributed by atoms with Gasteiger partial charge < -0.3 is 0 Å². The highest BCUT2D eigenvalue weighted by molar-refractivity contribution is 6.30. The van der Waals surface area contributed by atoms with Crippen molar-refractivity contribution in [3.05, 3.63) is 16.4 Å². The number of halogens is 1. The lowest BCUT2D eigenvalue weighted by molar-refractivity contribution is 0.354. The Kier molecular flexibility index (Phi) is 2.36. The number of rotatable bonds is 0. The van der Waals surface area contributed by atoms with Gasteiger partial charge in [-0.2, -0.15) is 10.4 Å². The third kappa shape index (κ3) is 1.68. The van der Waals surface area contributed by atoms with Crippen LogP contribution in [-0.4, -0.2) is 9.78 Å². The largest absolute Gasteiger partial charge is 0.247 e. The van der Waals surface area contributed by atoms with Crippen LogP contribution in [0.5, 0.6) is 0 Å². The van der Waals surface area contributed by atoms with Gasteiger partial charge in [0.15, 0.2) is 0 Å². The minimum atomic E-state index is -0.184. The summed E-state index contributed by atoms with van der Waals surface area (Å²) in [5.41, 5.74) is 0.968. The lowest BCUT2D eigenvalue weighted by atomic mass is 10.1. The first-order valence-corrected chi connectivity index (χ1v) is 4.41. The summed E-state index contributed by atoms with van der Waals surface area (Å²) in [5.74, 6) is 0. The fourth-order valence-corrected chi connectivity index (χ4v) is 1.54. The molecule has 1 aromatic rings. The lowest BCUT2D eigenvalue weighted by Gasteiger charge is -2.19. The summed E-state index contributed by atoms with van der Waals surface area (Å²) in [7, 11) is 0. The Morgan fingerprint density at radius 1 is 1.46 bits per heavy atom. The smallest absolute Gasteiger partial charge is 0.145 e. The van der Waals surface area contributed by atoms with Crippen LogP contribution in [0.15, 0.2) is 0 Å². The second kappa shape index (κ2) is 3.04. The highest BCUT2D eigenvalue weighted by Gasteiger charge is 2.21. The zero-order valence-electron chi connectivity index (χ0n) is 8.22. The Balaban J connectivity index is 3.37. The molecule has 0 aliphatic rings. The normalized spacial score (nSPS) is 11.4. The number of aryl methyl sites for hydroxylation is 1. The molecule has 3 nitrogen and oxygen atoms in total. The summed E-state index contributed by atoms with van der Waals surface area (Å²) < 4.78 is 1.67. The van der Waals surface area contributed by atoms with E-state index in [9.17, 15) is 0 Å². The van der Waals surface area contributed by atoms with Crippen molar-refractivity contribution >= 4 is 11.6 Å². The molecular weight excluding hydrogens is 186 g/mol. The van der Waals surface area contributed by atoms with E-state index in [0.29, 0.717) is 16.4 Å². The third-order valence-corrected chi connectivity index (χ3v) is 2.10. The second-order valence-electron chi connectivity index (χ2n) is 3.95. The number of nitriles is 1. The van der Waals surface area contributed by atoms with Crippen molar-refractivity contribution in [3.8, 4) is 6.07 Å². The predicted molar refractivity (Wildman–Crippen MR) is 51.7 cm³/mol. The molecule has 0 fully saturated rings. The number of aromatic nitrogens is 2. The molecule has 0 atom stereocenters. The number of hydrogen-bond acceptors (Lipinski definition) is 2. The van der Waals surface area contributed by atoms with E-state index < -0.39 is 0 Å². The Bertz CT molecular complexity index is 365. The molecule has 0 saturated carbocycles. The van der Waals surface area contributed by atoms with Crippen LogP contribution >= 0.6 is 11.6 Å². The molecule has 0 aliphatic carbocycles. The van der Waals surface area contributed by atoms with E-state index in [2.05, 4.69) is 5.10 Å². The van der Waals surface area contributed by atoms with Gasteiger partial charge in [0.25, 0.3) is 0 Å². The molecular formula is C9H12ClN3. The van der Waals surface area contributed by atoms with Crippen LogP contribution in [0.25, 0.3) is 0 Å². The number of nitrogens with zero attached hydrogens (tertiary/aromatic N) is 3. The predicted octanol–water partition coefficient (Wildman–Crippen LogP) is 2.47. The molecule has 0 bridgehead atoms. The SMILES string of the molecule is Cc1nn(C(C)(C)C)c(Cl)c1C#N. The Labute approximate surface area is 82.9 Å². The first kappa shape index (κ1) is 10.1. The molecule has 0 radical (unpaired) electrons. The molecule has 0 aromatic carbocycles. The van der Waals surface area contributed by atoms with E-state index in [1.54, 1.807) is 11.6 Å². The molecule has 0 N–H and O–H groups in total. The van der Waals surface area contributed by atoms with Gasteiger partial charge in [-0.25, -0.2) is 4.68 Å². The monoisotopic (exact) mass is 197 g/mol. The van der Waals surface area contributed by atoms with Crippen LogP contribution in [0.1, 0.15) is 32.0 Å². The van der Waals surface area contributed by atoms with Gasteiger partial charge in [-0.05, 0) is 27.7 Å². The Morgan fingerprint density at radius 2 is 2.00 bits per heavy atom. The third-order valence-electron chi connectivity index (χ3n) is 1.75. The lowest BCUT2D eigenvalue weighted by Crippen LogP contribution is -2.23. The van der Waals surface area contributed by atoms with Crippen molar-refractivity contribution in [1.29, 1.82) is 5.26 Å². The van der Waals surface area contributed by atoms with E-state index in [1.807, 2.05) is 26.8 Å². The van der Waals surface area contributed by atoms with Crippen molar-refractivity contribution in [2.45, 2.75) is 33.2 Å². The maximum Gasteiger partial charge on any atom is 0.145 e. The van der Waals surface area contributed by atoms with Crippen molar-refractivity contribution < 1.29 is 0 Å². The van der Waals surface area contributed by atoms with E-state index >= 15 is 0 Å². The van der Waals surface area contributed by atoms with Crippen LogP contribution in [-0.2, 0) is 5.54 Å². The molecule has 1 rings (SSSR count). The number of hydrogen-bond donors (Lipinski definition) is 0. The van der Waals surface area contributed by atoms with Crippen LogP contribution < -0.4 is 0 Å². The zero-order chi connectivity index (χ0) is 10.2. The maximum atomic E-state index is 8.79. The van der Waals surface area contributed by atoms with Crippen LogP contribution in [0, 0.1) is 18.3 Å². The summed E-state index contributed by atoms with van der Waals surface area (Å²) in [4.78, 5) is 0. The maximum absolute atomic E-state index is 8.79. The first-order chi connectivity index (χ1) is 5.88. The molecule has 13 heavy (non-hydrogen) atoms. The van der Waals surface area contributed by atoms with Gasteiger partial charge in [-0.3, -0.25) is 0 Å². The molecule has 4 heteroatoms. The zero-order valence-corrected chi connectivity index (χ0v) is 8.98. The van der Waals surface area contributed by atoms with Crippen molar-refractivity contribution in [3.63, 3.8) is 0 Å². The Morgan fingerprint density at radius 3 is 2.23 bits per heavy atom. The fraction of sp³-hybridized carbons (Fsp3) is 0.556. The second-order valence-corrected chi connectivity index (χ2v) is 4.30. The van der Waals surface area contributed by atoms with E-state index in [1.165, 1.54) is 0 Å². The van der Waals surface area contributed by atoms with Gasteiger partial charge in [0.1, 0.15) is 16.8 Å². The molecule has 0 saturated heterocycles. The van der Waals surface area contributed by atoms with Crippen molar-refractivity contribution in [2.75, 3.05) is 0 Å². The summed E-state index contributed by atoms with van der Waals surface area (Å²) in [6.45, 7) is 7.76. The van der Waals surface area contributed by atoms with Gasteiger partial charge in [-0.1, -0.05) is 11.6 Å². The standard InChI is InChI=1S/C9H12ClN3/c1-6-7(5-11)8(10)13(12-6)9(2,3)4/h1-4H3. The van der Waals surface area contributed by atoms with E-state index in [-0.39, 0.29) is 5.54 Å². The summed E-state index contributed by atoms with van der Waals surface area (Å²) >= 11 is 5.99. The molecule has 0 unspecified atom stereocenters. The van der Waals surface area contributed by atoms with Crippen LogP contribution in [0.2, 0.25) is 5.15 Å². The summed E-state index contributed by atoms with van der Waals surface area (Å²) in [6, 6.07) is 2.04. The molecule has 0 spiro atoms. The average Bonchev–Trinajstić information content (AvgIpc) is 2.25. The average molecular weight is 198 g/mol. The van der Waals surface area contributed by atoms with Crippen molar-refractivity contribution in [2.24, 2.45) is 0 Å². The van der Waals surface area contributed by atoms with E-state index in [0.717, 1.165) is 0 Å². The Hall–Kier alpha value is -1.01. The van der Waals surface area contributed by atoms with Gasteiger partial charge in [0.2, 0.25) is 0 Å². The fourth-order valence-electron chi connectivity index (χ4n) is 1.07. The summed E-state index contributed by atoms with van der Waals surface area (Å²) in [5, 5.41) is 13.4. The minimum Gasteiger partial charge on any atom is -0.247 e. The van der Waals surface area contributed by atoms with Crippen molar-refractivity contribution in [1.82, 2.24) is 9.78 Å². The summed E-state index contributed by atoms with van der Waals surface area (Å²) in [6.07, 6.45) is 0. The van der Waals surface area contributed by atoms with Gasteiger partial charge >= 0.3 is 0 Å². The van der Waals surface area contributed by atoms with Gasteiger partial charge in [-0.15, -0.1) is 0 Å². The van der Waals surface area contributed by atoms with Gasteiger partial charge in [0, 0.05) is 0 Å². The molecule has 0 aliphatic heterocycles. The molecule has 0 amide bonds. The highest BCUT2D eigenvalue weighted by atomic mass is 35.5. The molecule has 70 valence electrons. The topological polar surface area (TPSA) is 41.6 Å². The highest BCUT2D eigenvalue weighted by Crippen LogP contribution is 2.25.